The maximum atomic E-state index is 4.40. The monoisotopic (exact) mass is 281 g/mol. The van der Waals surface area contributed by atoms with E-state index in [1.165, 1.54) is 37.1 Å². The van der Waals surface area contributed by atoms with Gasteiger partial charge in [-0.15, -0.1) is 0 Å². The molecule has 0 spiro atoms. The normalized spacial score (nSPS) is 17.0. The van der Waals surface area contributed by atoms with Crippen LogP contribution in [0.25, 0.3) is 11.3 Å². The van der Waals surface area contributed by atoms with Crippen LogP contribution in [0, 0.1) is 0 Å². The van der Waals surface area contributed by atoms with Gasteiger partial charge in [0.25, 0.3) is 0 Å². The molecule has 1 fully saturated rings. The molecule has 110 valence electrons. The zero-order valence-corrected chi connectivity index (χ0v) is 12.6. The van der Waals surface area contributed by atoms with E-state index in [4.69, 9.17) is 0 Å². The molecule has 3 heteroatoms. The van der Waals surface area contributed by atoms with E-state index in [1.807, 2.05) is 25.4 Å². The maximum Gasteiger partial charge on any atom is 0.0701 e. The van der Waals surface area contributed by atoms with Crippen LogP contribution in [0.3, 0.4) is 0 Å². The summed E-state index contributed by atoms with van der Waals surface area (Å²) in [6, 6.07) is 15.2. The lowest BCUT2D eigenvalue weighted by atomic mass is 10.0. The van der Waals surface area contributed by atoms with Gasteiger partial charge in [-0.2, -0.15) is 0 Å². The van der Waals surface area contributed by atoms with Crippen molar-refractivity contribution >= 4 is 0 Å². The van der Waals surface area contributed by atoms with Crippen LogP contribution in [0.2, 0.25) is 0 Å². The van der Waals surface area contributed by atoms with Crippen molar-refractivity contribution in [1.82, 2.24) is 15.2 Å². The molecule has 0 saturated carbocycles. The Labute approximate surface area is 127 Å². The van der Waals surface area contributed by atoms with Gasteiger partial charge in [-0.25, -0.2) is 0 Å². The predicted molar refractivity (Wildman–Crippen MR) is 87.1 cm³/mol. The maximum absolute atomic E-state index is 4.40. The van der Waals surface area contributed by atoms with Crippen LogP contribution < -0.4 is 5.32 Å². The van der Waals surface area contributed by atoms with E-state index in [-0.39, 0.29) is 0 Å². The summed E-state index contributed by atoms with van der Waals surface area (Å²) < 4.78 is 0. The number of rotatable bonds is 5. The van der Waals surface area contributed by atoms with Gasteiger partial charge in [-0.05, 0) is 50.7 Å². The number of nitrogens with one attached hydrogen (secondary N) is 1. The molecule has 1 aromatic heterocycles. The first-order valence-electron chi connectivity index (χ1n) is 7.78. The molecular formula is C18H23N3. The lowest BCUT2D eigenvalue weighted by Gasteiger charge is -2.23. The quantitative estimate of drug-likeness (QED) is 0.913. The van der Waals surface area contributed by atoms with Crippen LogP contribution in [0.5, 0.6) is 0 Å². The van der Waals surface area contributed by atoms with Crippen LogP contribution in [-0.4, -0.2) is 36.6 Å². The summed E-state index contributed by atoms with van der Waals surface area (Å²) >= 11 is 0. The number of nitrogens with zero attached hydrogens (tertiary/aromatic N) is 2. The van der Waals surface area contributed by atoms with Gasteiger partial charge in [0.15, 0.2) is 0 Å². The van der Waals surface area contributed by atoms with Crippen LogP contribution in [-0.2, 0) is 0 Å². The predicted octanol–water partition coefficient (Wildman–Crippen LogP) is 3.10. The van der Waals surface area contributed by atoms with E-state index in [2.05, 4.69) is 45.5 Å². The minimum Gasteiger partial charge on any atom is -0.312 e. The molecule has 1 atom stereocenters. The van der Waals surface area contributed by atoms with Crippen molar-refractivity contribution in [1.29, 1.82) is 0 Å². The second-order valence-electron chi connectivity index (χ2n) is 5.69. The minimum atomic E-state index is 0.404. The molecule has 1 N–H and O–H groups in total. The second kappa shape index (κ2) is 6.83. The zero-order valence-electron chi connectivity index (χ0n) is 12.6. The summed E-state index contributed by atoms with van der Waals surface area (Å²) in [5.41, 5.74) is 3.56. The van der Waals surface area contributed by atoms with Gasteiger partial charge in [-0.1, -0.05) is 30.3 Å². The number of hydrogen-bond acceptors (Lipinski definition) is 3. The van der Waals surface area contributed by atoms with Crippen molar-refractivity contribution in [3.63, 3.8) is 0 Å². The highest BCUT2D eigenvalue weighted by Crippen LogP contribution is 2.21. The van der Waals surface area contributed by atoms with Gasteiger partial charge >= 0.3 is 0 Å². The molecule has 1 saturated heterocycles. The molecule has 21 heavy (non-hydrogen) atoms. The third kappa shape index (κ3) is 3.49. The Morgan fingerprint density at radius 3 is 2.48 bits per heavy atom. The van der Waals surface area contributed by atoms with E-state index in [9.17, 15) is 0 Å². The van der Waals surface area contributed by atoms with Crippen LogP contribution in [0.1, 0.15) is 24.4 Å². The van der Waals surface area contributed by atoms with Crippen LogP contribution in [0.4, 0.5) is 0 Å². The summed E-state index contributed by atoms with van der Waals surface area (Å²) in [6.45, 7) is 3.58. The molecule has 2 aromatic rings. The number of hydrogen-bond donors (Lipinski definition) is 1. The third-order valence-corrected chi connectivity index (χ3v) is 4.26. The Kier molecular flexibility index (Phi) is 4.63. The Hall–Kier alpha value is -1.71. The zero-order chi connectivity index (χ0) is 14.5. The first kappa shape index (κ1) is 14.2. The highest BCUT2D eigenvalue weighted by molar-refractivity contribution is 5.59. The molecule has 1 aliphatic rings. The Balaban J connectivity index is 1.72. The van der Waals surface area contributed by atoms with E-state index in [0.29, 0.717) is 6.04 Å². The number of benzene rings is 1. The molecule has 0 amide bonds. The Morgan fingerprint density at radius 1 is 1.10 bits per heavy atom. The van der Waals surface area contributed by atoms with Crippen molar-refractivity contribution in [3.8, 4) is 11.3 Å². The van der Waals surface area contributed by atoms with E-state index >= 15 is 0 Å². The molecule has 3 nitrogen and oxygen atoms in total. The number of aromatic nitrogens is 1. The Bertz CT molecular complexity index is 544. The van der Waals surface area contributed by atoms with Gasteiger partial charge in [0, 0.05) is 24.3 Å². The number of likely N-dealkylation sites (tertiary alicyclic amines) is 1. The minimum absolute atomic E-state index is 0.404. The fraction of sp³-hybridized carbons (Fsp3) is 0.389. The van der Waals surface area contributed by atoms with Gasteiger partial charge in [-0.3, -0.25) is 4.98 Å². The smallest absolute Gasteiger partial charge is 0.0701 e. The van der Waals surface area contributed by atoms with Gasteiger partial charge in [0.1, 0.15) is 0 Å². The van der Waals surface area contributed by atoms with E-state index in [0.717, 1.165) is 12.2 Å². The average Bonchev–Trinajstić information content (AvgIpc) is 3.07. The lowest BCUT2D eigenvalue weighted by Crippen LogP contribution is -2.31. The molecule has 1 aromatic carbocycles. The standard InChI is InChI=1S/C18H23N3/c1-19-18(14-21-12-4-5-13-21)16-9-7-15(8-10-16)17-6-2-3-11-20-17/h2-3,6-11,18-19H,4-5,12-14H2,1H3. The average molecular weight is 281 g/mol. The van der Waals surface area contributed by atoms with Crippen LogP contribution >= 0.6 is 0 Å². The number of likely N-dealkylation sites (N-methyl/N-ethyl adjacent to an activating group) is 1. The summed E-state index contributed by atoms with van der Waals surface area (Å²) in [6.07, 6.45) is 4.52. The van der Waals surface area contributed by atoms with E-state index in [1.54, 1.807) is 0 Å². The van der Waals surface area contributed by atoms with Crippen LogP contribution in [0.15, 0.2) is 48.7 Å². The largest absolute Gasteiger partial charge is 0.312 e. The fourth-order valence-electron chi connectivity index (χ4n) is 3.01. The molecule has 1 aliphatic heterocycles. The molecule has 0 bridgehead atoms. The highest BCUT2D eigenvalue weighted by atomic mass is 15.2. The van der Waals surface area contributed by atoms with Crippen molar-refractivity contribution < 1.29 is 0 Å². The first-order chi connectivity index (χ1) is 10.4. The summed E-state index contributed by atoms with van der Waals surface area (Å²) in [4.78, 5) is 6.95. The third-order valence-electron chi connectivity index (χ3n) is 4.26. The van der Waals surface area contributed by atoms with Crippen molar-refractivity contribution in [2.75, 3.05) is 26.7 Å². The molecule has 2 heterocycles. The van der Waals surface area contributed by atoms with Gasteiger partial charge in [0.05, 0.1) is 5.69 Å². The highest BCUT2D eigenvalue weighted by Gasteiger charge is 2.17. The number of pyridine rings is 1. The molecule has 3 rings (SSSR count). The second-order valence-corrected chi connectivity index (χ2v) is 5.69. The summed E-state index contributed by atoms with van der Waals surface area (Å²) in [5, 5.41) is 3.45. The lowest BCUT2D eigenvalue weighted by molar-refractivity contribution is 0.299. The fourth-order valence-corrected chi connectivity index (χ4v) is 3.01. The molecular weight excluding hydrogens is 258 g/mol. The van der Waals surface area contributed by atoms with Crippen molar-refractivity contribution in [2.24, 2.45) is 0 Å². The molecule has 0 aliphatic carbocycles. The summed E-state index contributed by atoms with van der Waals surface area (Å²) in [7, 11) is 2.05. The van der Waals surface area contributed by atoms with Crippen molar-refractivity contribution in [2.45, 2.75) is 18.9 Å². The topological polar surface area (TPSA) is 28.2 Å². The van der Waals surface area contributed by atoms with Gasteiger partial charge < -0.3 is 10.2 Å². The SMILES string of the molecule is CNC(CN1CCCC1)c1ccc(-c2ccccn2)cc1. The first-order valence-corrected chi connectivity index (χ1v) is 7.78. The van der Waals surface area contributed by atoms with Gasteiger partial charge in [0.2, 0.25) is 0 Å². The van der Waals surface area contributed by atoms with Crippen molar-refractivity contribution in [3.05, 3.63) is 54.2 Å². The molecule has 1 unspecified atom stereocenters. The summed E-state index contributed by atoms with van der Waals surface area (Å²) in [5.74, 6) is 0. The Morgan fingerprint density at radius 2 is 1.86 bits per heavy atom. The molecule has 0 radical (unpaired) electrons. The van der Waals surface area contributed by atoms with E-state index < -0.39 is 0 Å².